The predicted molar refractivity (Wildman–Crippen MR) is 44.3 cm³/mol. The Hall–Kier alpha value is -0.330. The predicted octanol–water partition coefficient (Wildman–Crippen LogP) is 2.55. The van der Waals surface area contributed by atoms with Crippen LogP contribution in [0.25, 0.3) is 0 Å². The SMILES string of the molecule is O=C1CCC(C2CCCC2)C1. The monoisotopic (exact) mass is 152 g/mol. The van der Waals surface area contributed by atoms with E-state index in [-0.39, 0.29) is 0 Å². The minimum Gasteiger partial charge on any atom is -0.300 e. The topological polar surface area (TPSA) is 17.1 Å². The molecule has 0 heterocycles. The fourth-order valence-corrected chi connectivity index (χ4v) is 2.67. The van der Waals surface area contributed by atoms with Gasteiger partial charge < -0.3 is 0 Å². The zero-order chi connectivity index (χ0) is 7.68. The molecule has 0 amide bonds. The van der Waals surface area contributed by atoms with Crippen LogP contribution in [0.1, 0.15) is 44.9 Å². The van der Waals surface area contributed by atoms with Crippen molar-refractivity contribution in [1.82, 2.24) is 0 Å². The lowest BCUT2D eigenvalue weighted by atomic mass is 9.90. The Morgan fingerprint density at radius 1 is 1.00 bits per heavy atom. The molecule has 1 nitrogen and oxygen atoms in total. The largest absolute Gasteiger partial charge is 0.300 e. The number of Topliss-reactive ketones (excluding diaryl/α,β-unsaturated/α-hetero) is 1. The van der Waals surface area contributed by atoms with Crippen molar-refractivity contribution in [2.45, 2.75) is 44.9 Å². The maximum atomic E-state index is 11.0. The molecule has 2 fully saturated rings. The number of carbonyl (C=O) groups excluding carboxylic acids is 1. The molecule has 0 radical (unpaired) electrons. The van der Waals surface area contributed by atoms with Crippen molar-refractivity contribution >= 4 is 5.78 Å². The molecular weight excluding hydrogens is 136 g/mol. The van der Waals surface area contributed by atoms with Gasteiger partial charge in [0.2, 0.25) is 0 Å². The van der Waals surface area contributed by atoms with E-state index in [1.54, 1.807) is 0 Å². The van der Waals surface area contributed by atoms with Gasteiger partial charge in [-0.1, -0.05) is 25.7 Å². The molecule has 0 aromatic rings. The van der Waals surface area contributed by atoms with Crippen molar-refractivity contribution in [3.8, 4) is 0 Å². The Labute approximate surface area is 68.2 Å². The quantitative estimate of drug-likeness (QED) is 0.564. The molecule has 0 saturated heterocycles. The van der Waals surface area contributed by atoms with E-state index >= 15 is 0 Å². The van der Waals surface area contributed by atoms with Crippen LogP contribution in [0.2, 0.25) is 0 Å². The second-order valence-electron chi connectivity index (χ2n) is 4.09. The molecule has 62 valence electrons. The van der Waals surface area contributed by atoms with Crippen LogP contribution in [0.15, 0.2) is 0 Å². The van der Waals surface area contributed by atoms with Crippen LogP contribution in [0.4, 0.5) is 0 Å². The van der Waals surface area contributed by atoms with Crippen LogP contribution in [0, 0.1) is 11.8 Å². The van der Waals surface area contributed by atoms with Crippen LogP contribution in [0.3, 0.4) is 0 Å². The smallest absolute Gasteiger partial charge is 0.133 e. The Morgan fingerprint density at radius 2 is 1.73 bits per heavy atom. The van der Waals surface area contributed by atoms with Crippen molar-refractivity contribution in [1.29, 1.82) is 0 Å². The van der Waals surface area contributed by atoms with E-state index in [4.69, 9.17) is 0 Å². The minimum atomic E-state index is 0.516. The maximum Gasteiger partial charge on any atom is 0.133 e. The summed E-state index contributed by atoms with van der Waals surface area (Å²) in [5.41, 5.74) is 0. The number of carbonyl (C=O) groups is 1. The van der Waals surface area contributed by atoms with Crippen LogP contribution in [0.5, 0.6) is 0 Å². The van der Waals surface area contributed by atoms with Gasteiger partial charge in [0, 0.05) is 12.8 Å². The number of hydrogen-bond donors (Lipinski definition) is 0. The van der Waals surface area contributed by atoms with E-state index in [0.717, 1.165) is 24.7 Å². The molecule has 0 aliphatic heterocycles. The van der Waals surface area contributed by atoms with E-state index in [0.29, 0.717) is 5.78 Å². The van der Waals surface area contributed by atoms with Gasteiger partial charge in [-0.05, 0) is 18.3 Å². The summed E-state index contributed by atoms with van der Waals surface area (Å²) >= 11 is 0. The highest BCUT2D eigenvalue weighted by molar-refractivity contribution is 5.80. The van der Waals surface area contributed by atoms with Crippen molar-refractivity contribution in [2.75, 3.05) is 0 Å². The van der Waals surface area contributed by atoms with Gasteiger partial charge in [-0.3, -0.25) is 4.79 Å². The third-order valence-electron chi connectivity index (χ3n) is 3.35. The van der Waals surface area contributed by atoms with Gasteiger partial charge in [0.15, 0.2) is 0 Å². The minimum absolute atomic E-state index is 0.516. The van der Waals surface area contributed by atoms with Crippen LogP contribution >= 0.6 is 0 Å². The molecule has 1 atom stereocenters. The van der Waals surface area contributed by atoms with Crippen molar-refractivity contribution in [3.05, 3.63) is 0 Å². The molecule has 1 heteroatoms. The Kier molecular flexibility index (Phi) is 1.97. The molecule has 0 aromatic carbocycles. The summed E-state index contributed by atoms with van der Waals surface area (Å²) in [7, 11) is 0. The molecule has 1 unspecified atom stereocenters. The van der Waals surface area contributed by atoms with Crippen molar-refractivity contribution in [3.63, 3.8) is 0 Å². The third kappa shape index (κ3) is 1.47. The van der Waals surface area contributed by atoms with E-state index in [9.17, 15) is 4.79 Å². The summed E-state index contributed by atoms with van der Waals surface area (Å²) in [6.45, 7) is 0. The average Bonchev–Trinajstić information content (AvgIpc) is 2.55. The van der Waals surface area contributed by atoms with Crippen molar-refractivity contribution < 1.29 is 4.79 Å². The molecular formula is C10H16O. The van der Waals surface area contributed by atoms with Crippen molar-refractivity contribution in [2.24, 2.45) is 11.8 Å². The second kappa shape index (κ2) is 2.96. The molecule has 0 aromatic heterocycles. The molecule has 2 aliphatic carbocycles. The lowest BCUT2D eigenvalue weighted by Crippen LogP contribution is -2.07. The van der Waals surface area contributed by atoms with Gasteiger partial charge in [0.25, 0.3) is 0 Å². The van der Waals surface area contributed by atoms with Crippen LogP contribution < -0.4 is 0 Å². The lowest BCUT2D eigenvalue weighted by molar-refractivity contribution is -0.117. The third-order valence-corrected chi connectivity index (χ3v) is 3.35. The van der Waals surface area contributed by atoms with E-state index in [1.165, 1.54) is 32.1 Å². The lowest BCUT2D eigenvalue weighted by Gasteiger charge is -2.15. The highest BCUT2D eigenvalue weighted by Crippen LogP contribution is 2.38. The van der Waals surface area contributed by atoms with E-state index in [2.05, 4.69) is 0 Å². The zero-order valence-corrected chi connectivity index (χ0v) is 7.01. The normalized spacial score (nSPS) is 33.5. The summed E-state index contributed by atoms with van der Waals surface area (Å²) in [6.07, 6.45) is 8.61. The van der Waals surface area contributed by atoms with Gasteiger partial charge >= 0.3 is 0 Å². The first-order valence-corrected chi connectivity index (χ1v) is 4.88. The van der Waals surface area contributed by atoms with Gasteiger partial charge in [-0.15, -0.1) is 0 Å². The summed E-state index contributed by atoms with van der Waals surface area (Å²) in [5, 5.41) is 0. The Bertz CT molecular complexity index is 156. The van der Waals surface area contributed by atoms with Crippen LogP contribution in [-0.4, -0.2) is 5.78 Å². The standard InChI is InChI=1S/C10H16O/c11-10-6-5-9(7-10)8-3-1-2-4-8/h8-9H,1-7H2. The fourth-order valence-electron chi connectivity index (χ4n) is 2.67. The summed E-state index contributed by atoms with van der Waals surface area (Å²) < 4.78 is 0. The Balaban J connectivity index is 1.90. The van der Waals surface area contributed by atoms with E-state index < -0.39 is 0 Å². The first-order valence-electron chi connectivity index (χ1n) is 4.88. The first-order chi connectivity index (χ1) is 5.36. The van der Waals surface area contributed by atoms with E-state index in [1.807, 2.05) is 0 Å². The Morgan fingerprint density at radius 3 is 2.27 bits per heavy atom. The molecule has 11 heavy (non-hydrogen) atoms. The summed E-state index contributed by atoms with van der Waals surface area (Å²) in [6, 6.07) is 0. The fraction of sp³-hybridized carbons (Fsp3) is 0.900. The first kappa shape index (κ1) is 7.33. The zero-order valence-electron chi connectivity index (χ0n) is 7.01. The maximum absolute atomic E-state index is 11.0. The molecule has 2 rings (SSSR count). The molecule has 2 saturated carbocycles. The molecule has 0 bridgehead atoms. The number of ketones is 1. The van der Waals surface area contributed by atoms with Gasteiger partial charge in [0.1, 0.15) is 5.78 Å². The molecule has 2 aliphatic rings. The van der Waals surface area contributed by atoms with Gasteiger partial charge in [-0.2, -0.15) is 0 Å². The summed E-state index contributed by atoms with van der Waals surface area (Å²) in [4.78, 5) is 11.0. The summed E-state index contributed by atoms with van der Waals surface area (Å²) in [5.74, 6) is 2.22. The van der Waals surface area contributed by atoms with Gasteiger partial charge in [-0.25, -0.2) is 0 Å². The number of hydrogen-bond acceptors (Lipinski definition) is 1. The highest BCUT2D eigenvalue weighted by Gasteiger charge is 2.30. The molecule has 0 N–H and O–H groups in total. The highest BCUT2D eigenvalue weighted by atomic mass is 16.1. The molecule has 0 spiro atoms. The number of rotatable bonds is 1. The van der Waals surface area contributed by atoms with Gasteiger partial charge in [0.05, 0.1) is 0 Å². The van der Waals surface area contributed by atoms with Crippen LogP contribution in [-0.2, 0) is 4.79 Å². The second-order valence-corrected chi connectivity index (χ2v) is 4.09. The average molecular weight is 152 g/mol.